The van der Waals surface area contributed by atoms with E-state index in [1.165, 1.54) is 27.8 Å². The molecule has 0 N–H and O–H groups in total. The van der Waals surface area contributed by atoms with Crippen LogP contribution in [0, 0.1) is 0 Å². The quantitative estimate of drug-likeness (QED) is 0.683. The highest BCUT2D eigenvalue weighted by Crippen LogP contribution is 2.48. The second-order valence-electron chi connectivity index (χ2n) is 5.26. The number of allylic oxidation sites excluding steroid dienone is 4. The van der Waals surface area contributed by atoms with Gasteiger partial charge in [0.05, 0.1) is 0 Å². The lowest BCUT2D eigenvalue weighted by molar-refractivity contribution is 0.964. The van der Waals surface area contributed by atoms with Crippen LogP contribution in [-0.2, 0) is 0 Å². The van der Waals surface area contributed by atoms with Crippen LogP contribution in [0.5, 0.6) is 0 Å². The molecule has 0 heterocycles. The van der Waals surface area contributed by atoms with Crippen molar-refractivity contribution >= 4 is 5.57 Å². The van der Waals surface area contributed by atoms with E-state index >= 15 is 0 Å². The summed E-state index contributed by atoms with van der Waals surface area (Å²) in [6, 6.07) is 21.5. The summed E-state index contributed by atoms with van der Waals surface area (Å²) in [4.78, 5) is 0. The molecule has 0 aromatic heterocycles. The van der Waals surface area contributed by atoms with Crippen molar-refractivity contribution in [2.24, 2.45) is 0 Å². The molecule has 2 aromatic carbocycles. The van der Waals surface area contributed by atoms with Gasteiger partial charge < -0.3 is 0 Å². The van der Waals surface area contributed by atoms with Crippen molar-refractivity contribution in [3.05, 3.63) is 89.0 Å². The van der Waals surface area contributed by atoms with E-state index < -0.39 is 0 Å². The molecular weight excluding hydrogens is 228 g/mol. The van der Waals surface area contributed by atoms with Gasteiger partial charge in [0.25, 0.3) is 0 Å². The van der Waals surface area contributed by atoms with E-state index in [1.807, 2.05) is 0 Å². The van der Waals surface area contributed by atoms with Gasteiger partial charge in [0.2, 0.25) is 0 Å². The molecule has 0 saturated heterocycles. The summed E-state index contributed by atoms with van der Waals surface area (Å²) in [7, 11) is 0. The van der Waals surface area contributed by atoms with Gasteiger partial charge in [-0.2, -0.15) is 0 Å². The van der Waals surface area contributed by atoms with E-state index in [0.29, 0.717) is 5.92 Å². The standard InChI is InChI=1S/C19H18/c1-14(2)17-13-18(15-9-5-3-6-10-15)19(17)16-11-7-4-8-12-16/h3-13,19H,1-2H3. The first-order valence-electron chi connectivity index (χ1n) is 6.76. The second kappa shape index (κ2) is 4.89. The van der Waals surface area contributed by atoms with Crippen molar-refractivity contribution in [1.29, 1.82) is 0 Å². The van der Waals surface area contributed by atoms with Crippen LogP contribution in [0.3, 0.4) is 0 Å². The Labute approximate surface area is 115 Å². The third-order valence-corrected chi connectivity index (χ3v) is 3.75. The van der Waals surface area contributed by atoms with Gasteiger partial charge in [-0.05, 0) is 36.1 Å². The van der Waals surface area contributed by atoms with Gasteiger partial charge in [0, 0.05) is 5.92 Å². The first-order chi connectivity index (χ1) is 9.27. The molecule has 0 bridgehead atoms. The molecule has 1 aliphatic carbocycles. The lowest BCUT2D eigenvalue weighted by Crippen LogP contribution is -2.14. The zero-order chi connectivity index (χ0) is 13.2. The molecule has 2 aromatic rings. The molecule has 0 radical (unpaired) electrons. The third kappa shape index (κ3) is 2.15. The van der Waals surface area contributed by atoms with E-state index in [0.717, 1.165) is 0 Å². The summed E-state index contributed by atoms with van der Waals surface area (Å²) >= 11 is 0. The number of hydrogen-bond acceptors (Lipinski definition) is 0. The fourth-order valence-electron chi connectivity index (χ4n) is 2.72. The highest BCUT2D eigenvalue weighted by Gasteiger charge is 2.29. The lowest BCUT2D eigenvalue weighted by Gasteiger charge is -2.33. The molecule has 0 fully saturated rings. The van der Waals surface area contributed by atoms with Gasteiger partial charge in [-0.3, -0.25) is 0 Å². The Morgan fingerprint density at radius 2 is 1.37 bits per heavy atom. The normalized spacial score (nSPS) is 17.7. The smallest absolute Gasteiger partial charge is 0.0345 e. The molecule has 0 nitrogen and oxygen atoms in total. The van der Waals surface area contributed by atoms with Gasteiger partial charge in [-0.1, -0.05) is 72.3 Å². The highest BCUT2D eigenvalue weighted by atomic mass is 14.3. The van der Waals surface area contributed by atoms with Gasteiger partial charge >= 0.3 is 0 Å². The van der Waals surface area contributed by atoms with E-state index in [2.05, 4.69) is 80.6 Å². The average Bonchev–Trinajstić information content (AvgIpc) is 2.39. The van der Waals surface area contributed by atoms with Gasteiger partial charge in [0.1, 0.15) is 0 Å². The van der Waals surface area contributed by atoms with Crippen LogP contribution in [-0.4, -0.2) is 0 Å². The summed E-state index contributed by atoms with van der Waals surface area (Å²) in [5.74, 6) is 0.439. The third-order valence-electron chi connectivity index (χ3n) is 3.75. The van der Waals surface area contributed by atoms with Gasteiger partial charge in [-0.15, -0.1) is 0 Å². The minimum atomic E-state index is 0.439. The Kier molecular flexibility index (Phi) is 3.08. The van der Waals surface area contributed by atoms with Crippen LogP contribution in [0.4, 0.5) is 0 Å². The Balaban J connectivity index is 2.07. The molecule has 1 atom stereocenters. The summed E-state index contributed by atoms with van der Waals surface area (Å²) in [6.07, 6.45) is 2.34. The largest absolute Gasteiger partial charge is 0.0723 e. The second-order valence-corrected chi connectivity index (χ2v) is 5.26. The maximum Gasteiger partial charge on any atom is 0.0345 e. The SMILES string of the molecule is CC(C)=C1C=C(c2ccccc2)C1c1ccccc1. The molecule has 0 amide bonds. The zero-order valence-electron chi connectivity index (χ0n) is 11.4. The number of benzene rings is 2. The predicted octanol–water partition coefficient (Wildman–Crippen LogP) is 5.20. The number of rotatable bonds is 2. The van der Waals surface area contributed by atoms with Gasteiger partial charge in [0.15, 0.2) is 0 Å². The lowest BCUT2D eigenvalue weighted by atomic mass is 9.71. The molecular formula is C19H18. The molecule has 3 rings (SSSR count). The van der Waals surface area contributed by atoms with E-state index in [4.69, 9.17) is 0 Å². The fourth-order valence-corrected chi connectivity index (χ4v) is 2.72. The van der Waals surface area contributed by atoms with E-state index in [-0.39, 0.29) is 0 Å². The van der Waals surface area contributed by atoms with E-state index in [9.17, 15) is 0 Å². The van der Waals surface area contributed by atoms with Crippen molar-refractivity contribution < 1.29 is 0 Å². The molecule has 0 saturated carbocycles. The summed E-state index contributed by atoms with van der Waals surface area (Å²) in [5.41, 5.74) is 7.03. The van der Waals surface area contributed by atoms with Crippen LogP contribution in [0.25, 0.3) is 5.57 Å². The van der Waals surface area contributed by atoms with Crippen molar-refractivity contribution in [3.63, 3.8) is 0 Å². The monoisotopic (exact) mass is 246 g/mol. The number of hydrogen-bond donors (Lipinski definition) is 0. The molecule has 0 aliphatic heterocycles. The molecule has 19 heavy (non-hydrogen) atoms. The maximum atomic E-state index is 2.34. The van der Waals surface area contributed by atoms with Crippen molar-refractivity contribution in [3.8, 4) is 0 Å². The average molecular weight is 246 g/mol. The Hall–Kier alpha value is -2.08. The predicted molar refractivity (Wildman–Crippen MR) is 82.0 cm³/mol. The van der Waals surface area contributed by atoms with Crippen LogP contribution in [0.15, 0.2) is 77.9 Å². The first-order valence-corrected chi connectivity index (χ1v) is 6.76. The zero-order valence-corrected chi connectivity index (χ0v) is 11.4. The van der Waals surface area contributed by atoms with Crippen LogP contribution >= 0.6 is 0 Å². The van der Waals surface area contributed by atoms with E-state index in [1.54, 1.807) is 0 Å². The summed E-state index contributed by atoms with van der Waals surface area (Å²) in [5, 5.41) is 0. The Morgan fingerprint density at radius 1 is 0.789 bits per heavy atom. The minimum Gasteiger partial charge on any atom is -0.0723 e. The summed E-state index contributed by atoms with van der Waals surface area (Å²) in [6.45, 7) is 4.40. The molecule has 94 valence electrons. The van der Waals surface area contributed by atoms with Crippen molar-refractivity contribution in [2.45, 2.75) is 19.8 Å². The highest BCUT2D eigenvalue weighted by molar-refractivity contribution is 5.85. The van der Waals surface area contributed by atoms with Crippen molar-refractivity contribution in [1.82, 2.24) is 0 Å². The first kappa shape index (κ1) is 12.0. The topological polar surface area (TPSA) is 0 Å². The van der Waals surface area contributed by atoms with Crippen molar-refractivity contribution in [2.75, 3.05) is 0 Å². The molecule has 0 spiro atoms. The molecule has 0 heteroatoms. The van der Waals surface area contributed by atoms with Crippen LogP contribution in [0.1, 0.15) is 30.9 Å². The Morgan fingerprint density at radius 3 is 1.95 bits per heavy atom. The minimum absolute atomic E-state index is 0.439. The molecule has 1 aliphatic rings. The Bertz CT molecular complexity index is 626. The fraction of sp³-hybridized carbons (Fsp3) is 0.158. The summed E-state index contributed by atoms with van der Waals surface area (Å²) < 4.78 is 0. The van der Waals surface area contributed by atoms with Crippen LogP contribution in [0.2, 0.25) is 0 Å². The maximum absolute atomic E-state index is 2.34. The molecule has 1 unspecified atom stereocenters. The van der Waals surface area contributed by atoms with Gasteiger partial charge in [-0.25, -0.2) is 0 Å². The van der Waals surface area contributed by atoms with Crippen LogP contribution < -0.4 is 0 Å².